The average molecular weight is 327 g/mol. The normalized spacial score (nSPS) is 11.2. The van der Waals surface area contributed by atoms with Crippen LogP contribution in [0.25, 0.3) is 0 Å². The van der Waals surface area contributed by atoms with Crippen LogP contribution < -0.4 is 4.90 Å². The molecular weight excluding hydrogens is 308 g/mol. The second kappa shape index (κ2) is 8.51. The Bertz CT molecular complexity index is 587. The van der Waals surface area contributed by atoms with E-state index in [0.717, 1.165) is 5.56 Å². The molecule has 0 aliphatic rings. The average Bonchev–Trinajstić information content (AvgIpc) is 2.42. The van der Waals surface area contributed by atoms with Crippen molar-refractivity contribution in [1.82, 2.24) is 0 Å². The van der Waals surface area contributed by atoms with Gasteiger partial charge in [0.05, 0.1) is 7.11 Å². The summed E-state index contributed by atoms with van der Waals surface area (Å²) in [4.78, 5) is 37.8. The number of carbonyl (C=O) groups is 2. The molecule has 0 spiro atoms. The van der Waals surface area contributed by atoms with Crippen LogP contribution in [0.5, 0.6) is 0 Å². The molecule has 1 aromatic carbocycles. The molecule has 0 atom stereocenters. The largest absolute Gasteiger partial charge is 0.351 e. The van der Waals surface area contributed by atoms with Crippen LogP contribution >= 0.6 is 11.6 Å². The maximum absolute atomic E-state index is 12.3. The summed E-state index contributed by atoms with van der Waals surface area (Å²) in [5.41, 5.74) is 1.46. The van der Waals surface area contributed by atoms with Crippen molar-refractivity contribution in [2.75, 3.05) is 18.6 Å². The van der Waals surface area contributed by atoms with E-state index in [4.69, 9.17) is 11.6 Å². The van der Waals surface area contributed by atoms with Gasteiger partial charge in [-0.05, 0) is 31.5 Å². The van der Waals surface area contributed by atoms with E-state index in [1.54, 1.807) is 18.2 Å². The van der Waals surface area contributed by atoms with Crippen LogP contribution in [-0.4, -0.2) is 31.4 Å². The number of aliphatic imine (C=N–C) groups is 1. The monoisotopic (exact) mass is 326 g/mol. The number of anilines is 1. The van der Waals surface area contributed by atoms with Gasteiger partial charge >= 0.3 is 6.03 Å². The topological polar surface area (TPSA) is 68.2 Å². The highest BCUT2D eigenvalue weighted by Crippen LogP contribution is 2.24. The van der Waals surface area contributed by atoms with E-state index in [2.05, 4.69) is 14.8 Å². The number of carbonyl (C=O) groups excluding carboxylic acids is 2. The van der Waals surface area contributed by atoms with E-state index < -0.39 is 6.03 Å². The predicted octanol–water partition coefficient (Wildman–Crippen LogP) is 3.55. The lowest BCUT2D eigenvalue weighted by atomic mass is 10.2. The van der Waals surface area contributed by atoms with E-state index in [9.17, 15) is 9.59 Å². The third-order valence-corrected chi connectivity index (χ3v) is 3.25. The summed E-state index contributed by atoms with van der Waals surface area (Å²) in [6, 6.07) is 4.65. The molecule has 0 heterocycles. The van der Waals surface area contributed by atoms with Crippen molar-refractivity contribution in [2.24, 2.45) is 4.99 Å². The lowest BCUT2D eigenvalue weighted by Gasteiger charge is -2.20. The Kier molecular flexibility index (Phi) is 7.01. The third kappa shape index (κ3) is 5.46. The summed E-state index contributed by atoms with van der Waals surface area (Å²) in [6.45, 7) is 5.03. The van der Waals surface area contributed by atoms with Gasteiger partial charge in [-0.3, -0.25) is 9.69 Å². The summed E-state index contributed by atoms with van der Waals surface area (Å²) >= 11 is 6.10. The fourth-order valence-electron chi connectivity index (χ4n) is 1.69. The predicted molar refractivity (Wildman–Crippen MR) is 85.4 cm³/mol. The second-order valence-corrected chi connectivity index (χ2v) is 5.11. The summed E-state index contributed by atoms with van der Waals surface area (Å²) in [5, 5.41) is 0.534. The third-order valence-electron chi connectivity index (χ3n) is 2.84. The van der Waals surface area contributed by atoms with Gasteiger partial charge in [-0.25, -0.2) is 4.79 Å². The van der Waals surface area contributed by atoms with Gasteiger partial charge in [-0.2, -0.15) is 9.88 Å². The Morgan fingerprint density at radius 3 is 2.55 bits per heavy atom. The summed E-state index contributed by atoms with van der Waals surface area (Å²) in [5.74, 6) is 0.0448. The number of halogens is 1. The zero-order chi connectivity index (χ0) is 16.7. The SMILES string of the molecule is COOC(C)=NC(=O)N(CCC(C)=O)c1ccc(C)c(Cl)c1. The lowest BCUT2D eigenvalue weighted by molar-refractivity contribution is -0.194. The van der Waals surface area contributed by atoms with Gasteiger partial charge in [0.1, 0.15) is 5.78 Å². The minimum Gasteiger partial charge on any atom is -0.322 e. The van der Waals surface area contributed by atoms with Crippen molar-refractivity contribution in [3.05, 3.63) is 28.8 Å². The molecule has 0 aromatic heterocycles. The van der Waals surface area contributed by atoms with Gasteiger partial charge in [0, 0.05) is 30.6 Å². The fourth-order valence-corrected chi connectivity index (χ4v) is 1.86. The Balaban J connectivity index is 3.06. The van der Waals surface area contributed by atoms with Crippen molar-refractivity contribution in [3.8, 4) is 0 Å². The Morgan fingerprint density at radius 2 is 2.00 bits per heavy atom. The molecule has 0 N–H and O–H groups in total. The molecule has 0 aliphatic carbocycles. The number of urea groups is 1. The minimum absolute atomic E-state index is 0.0233. The molecular formula is C15H19ClN2O4. The lowest BCUT2D eigenvalue weighted by Crippen LogP contribution is -2.31. The molecule has 0 aliphatic heterocycles. The van der Waals surface area contributed by atoms with Crippen molar-refractivity contribution >= 4 is 35.0 Å². The molecule has 0 fully saturated rings. The molecule has 120 valence electrons. The first-order chi connectivity index (χ1) is 10.3. The molecule has 0 saturated carbocycles. The summed E-state index contributed by atoms with van der Waals surface area (Å²) in [6.07, 6.45) is 0.219. The Labute approximate surface area is 134 Å². The Hall–Kier alpha value is -1.92. The van der Waals surface area contributed by atoms with E-state index >= 15 is 0 Å². The zero-order valence-corrected chi connectivity index (χ0v) is 13.8. The highest BCUT2D eigenvalue weighted by molar-refractivity contribution is 6.31. The number of ketones is 1. The molecule has 22 heavy (non-hydrogen) atoms. The molecule has 7 heteroatoms. The molecule has 0 radical (unpaired) electrons. The first kappa shape index (κ1) is 18.1. The van der Waals surface area contributed by atoms with Crippen LogP contribution in [0.15, 0.2) is 23.2 Å². The van der Waals surface area contributed by atoms with Gasteiger partial charge in [0.2, 0.25) is 5.90 Å². The number of amides is 2. The molecule has 0 saturated heterocycles. The van der Waals surface area contributed by atoms with Crippen LogP contribution in [-0.2, 0) is 14.6 Å². The van der Waals surface area contributed by atoms with Gasteiger partial charge in [-0.1, -0.05) is 17.7 Å². The first-order valence-electron chi connectivity index (χ1n) is 6.68. The van der Waals surface area contributed by atoms with E-state index in [1.807, 2.05) is 6.92 Å². The number of aryl methyl sites for hydroxylation is 1. The van der Waals surface area contributed by atoms with Crippen molar-refractivity contribution < 1.29 is 19.4 Å². The molecule has 1 aromatic rings. The van der Waals surface area contributed by atoms with Crippen LogP contribution in [0.1, 0.15) is 25.8 Å². The number of hydrogen-bond acceptors (Lipinski definition) is 4. The van der Waals surface area contributed by atoms with Gasteiger partial charge in [-0.15, -0.1) is 0 Å². The minimum atomic E-state index is -0.560. The fraction of sp³-hybridized carbons (Fsp3) is 0.400. The zero-order valence-electron chi connectivity index (χ0n) is 13.1. The highest BCUT2D eigenvalue weighted by Gasteiger charge is 2.17. The number of Topliss-reactive ketones (excluding diaryl/α,β-unsaturated/α-hetero) is 1. The quantitative estimate of drug-likeness (QED) is 0.359. The first-order valence-corrected chi connectivity index (χ1v) is 7.06. The summed E-state index contributed by atoms with van der Waals surface area (Å²) in [7, 11) is 1.32. The maximum atomic E-state index is 12.3. The number of rotatable bonds is 5. The van der Waals surface area contributed by atoms with Crippen LogP contribution in [0.2, 0.25) is 5.02 Å². The van der Waals surface area contributed by atoms with Crippen LogP contribution in [0.3, 0.4) is 0 Å². The van der Waals surface area contributed by atoms with E-state index in [-0.39, 0.29) is 24.6 Å². The number of benzene rings is 1. The Morgan fingerprint density at radius 1 is 1.32 bits per heavy atom. The van der Waals surface area contributed by atoms with E-state index in [0.29, 0.717) is 10.7 Å². The van der Waals surface area contributed by atoms with Gasteiger partial charge in [0.15, 0.2) is 0 Å². The van der Waals surface area contributed by atoms with Gasteiger partial charge in [0.25, 0.3) is 0 Å². The van der Waals surface area contributed by atoms with Crippen LogP contribution in [0.4, 0.5) is 10.5 Å². The van der Waals surface area contributed by atoms with Crippen molar-refractivity contribution in [3.63, 3.8) is 0 Å². The molecule has 1 rings (SSSR count). The van der Waals surface area contributed by atoms with Crippen molar-refractivity contribution in [2.45, 2.75) is 27.2 Å². The van der Waals surface area contributed by atoms with Crippen molar-refractivity contribution in [1.29, 1.82) is 0 Å². The smallest absolute Gasteiger partial charge is 0.322 e. The summed E-state index contributed by atoms with van der Waals surface area (Å²) < 4.78 is 0. The van der Waals surface area contributed by atoms with Crippen LogP contribution in [0, 0.1) is 6.92 Å². The maximum Gasteiger partial charge on any atom is 0.351 e. The molecule has 6 nitrogen and oxygen atoms in total. The van der Waals surface area contributed by atoms with E-state index in [1.165, 1.54) is 25.9 Å². The second-order valence-electron chi connectivity index (χ2n) is 4.70. The van der Waals surface area contributed by atoms with Gasteiger partial charge < -0.3 is 4.89 Å². The molecule has 0 bridgehead atoms. The number of nitrogens with zero attached hydrogens (tertiary/aromatic N) is 2. The highest BCUT2D eigenvalue weighted by atomic mass is 35.5. The molecule has 2 amide bonds. The standard InChI is InChI=1S/C15H19ClN2O4/c1-10-5-6-13(9-14(10)16)18(8-7-11(2)19)15(20)17-12(3)22-21-4/h5-6,9H,7-8H2,1-4H3. The number of hydrogen-bond donors (Lipinski definition) is 0. The molecule has 0 unspecified atom stereocenters.